The number of amides is 4. The Morgan fingerprint density at radius 1 is 0.759 bits per heavy atom. The van der Waals surface area contributed by atoms with Crippen molar-refractivity contribution in [3.63, 3.8) is 0 Å². The van der Waals surface area contributed by atoms with Crippen molar-refractivity contribution in [2.45, 2.75) is 80.4 Å². The summed E-state index contributed by atoms with van der Waals surface area (Å²) < 4.78 is 39.9. The van der Waals surface area contributed by atoms with Gasteiger partial charge >= 0.3 is 12.1 Å². The number of carboxylic acid groups (broad SMARTS) is 1. The standard InChI is InChI=1S/C41H55N5O10S2/c1-29(36(50)42-25-27-46(5)26-17-9-16-24-34(48)49)44-33(47)28-43-37(51)35(45-39(52)56-40(2,3)4)38(58(53,54)55)57-41(30-18-10-6-11-19-30,31-20-12-7-13-21-31)32-22-14-8-15-23-32/h6-8,10-15,18-23,29,35,38H,9,16-17,24-28H2,1-5H3,(H,42,50)(H,43,51)(H,44,47)(H,45,52)(H,48,49)(H,53,54,55). The fraction of sp³-hybridized carbons (Fsp3) is 0.439. The maximum absolute atomic E-state index is 14.0. The van der Waals surface area contributed by atoms with Crippen LogP contribution in [0.5, 0.6) is 0 Å². The van der Waals surface area contributed by atoms with E-state index in [2.05, 4.69) is 21.3 Å². The van der Waals surface area contributed by atoms with Crippen LogP contribution in [0, 0.1) is 0 Å². The zero-order valence-electron chi connectivity index (χ0n) is 33.5. The molecule has 0 aliphatic heterocycles. The molecule has 15 nitrogen and oxygen atoms in total. The lowest BCUT2D eigenvalue weighted by atomic mass is 9.84. The fourth-order valence-corrected chi connectivity index (χ4v) is 8.94. The Morgan fingerprint density at radius 3 is 1.74 bits per heavy atom. The van der Waals surface area contributed by atoms with Crippen LogP contribution in [0.2, 0.25) is 0 Å². The molecule has 0 aliphatic carbocycles. The number of nitrogens with zero attached hydrogens (tertiary/aromatic N) is 1. The molecule has 0 saturated heterocycles. The van der Waals surface area contributed by atoms with Gasteiger partial charge in [0.05, 0.1) is 11.3 Å². The number of unbranched alkanes of at least 4 members (excludes halogenated alkanes) is 2. The molecule has 4 amide bonds. The number of aliphatic carboxylic acids is 1. The maximum atomic E-state index is 14.0. The minimum absolute atomic E-state index is 0.125. The van der Waals surface area contributed by atoms with E-state index in [4.69, 9.17) is 9.84 Å². The van der Waals surface area contributed by atoms with Gasteiger partial charge in [0.2, 0.25) is 17.7 Å². The second-order valence-electron chi connectivity index (χ2n) is 14.7. The molecule has 3 rings (SSSR count). The highest BCUT2D eigenvalue weighted by atomic mass is 32.3. The number of ether oxygens (including phenoxy) is 1. The van der Waals surface area contributed by atoms with Gasteiger partial charge in [-0.15, -0.1) is 11.8 Å². The first-order valence-electron chi connectivity index (χ1n) is 18.9. The minimum atomic E-state index is -5.20. The Morgan fingerprint density at radius 2 is 1.28 bits per heavy atom. The smallest absolute Gasteiger partial charge is 0.408 e. The number of thioether (sulfide) groups is 1. The molecule has 17 heteroatoms. The maximum Gasteiger partial charge on any atom is 0.408 e. The fourth-order valence-electron chi connectivity index (χ4n) is 5.99. The third kappa shape index (κ3) is 15.1. The van der Waals surface area contributed by atoms with Gasteiger partial charge < -0.3 is 36.0 Å². The summed E-state index contributed by atoms with van der Waals surface area (Å²) in [6.07, 6.45) is 1.15. The van der Waals surface area contributed by atoms with E-state index in [0.29, 0.717) is 36.2 Å². The van der Waals surface area contributed by atoms with Gasteiger partial charge in [-0.2, -0.15) is 8.42 Å². The van der Waals surface area contributed by atoms with E-state index in [1.165, 1.54) is 6.92 Å². The zero-order valence-corrected chi connectivity index (χ0v) is 35.1. The van der Waals surface area contributed by atoms with Crippen LogP contribution >= 0.6 is 11.8 Å². The van der Waals surface area contributed by atoms with E-state index >= 15 is 0 Å². The van der Waals surface area contributed by atoms with Gasteiger partial charge in [0, 0.05) is 19.5 Å². The molecule has 6 N–H and O–H groups in total. The minimum Gasteiger partial charge on any atom is -0.481 e. The van der Waals surface area contributed by atoms with Crippen molar-refractivity contribution in [2.75, 3.05) is 33.2 Å². The molecular formula is C41H55N5O10S2. The summed E-state index contributed by atoms with van der Waals surface area (Å²) in [6.45, 7) is 6.99. The number of rotatable bonds is 22. The highest BCUT2D eigenvalue weighted by Crippen LogP contribution is 2.51. The van der Waals surface area contributed by atoms with Crippen molar-refractivity contribution < 1.29 is 46.8 Å². The average molecular weight is 842 g/mol. The zero-order chi connectivity index (χ0) is 42.9. The molecule has 58 heavy (non-hydrogen) atoms. The van der Waals surface area contributed by atoms with Crippen molar-refractivity contribution >= 4 is 51.7 Å². The van der Waals surface area contributed by atoms with Crippen LogP contribution in [0.25, 0.3) is 0 Å². The van der Waals surface area contributed by atoms with Crippen LogP contribution in [0.1, 0.15) is 70.1 Å². The molecule has 0 bridgehead atoms. The van der Waals surface area contributed by atoms with Crippen molar-refractivity contribution in [1.29, 1.82) is 0 Å². The third-order valence-corrected chi connectivity index (χ3v) is 12.2. The predicted octanol–water partition coefficient (Wildman–Crippen LogP) is 4.13. The summed E-state index contributed by atoms with van der Waals surface area (Å²) in [5, 5.41) is 18.7. The lowest BCUT2D eigenvalue weighted by Crippen LogP contribution is -2.57. The topological polar surface area (TPSA) is 221 Å². The Labute approximate surface area is 344 Å². The van der Waals surface area contributed by atoms with Crippen LogP contribution in [0.4, 0.5) is 4.79 Å². The number of nitrogens with one attached hydrogen (secondary N) is 4. The van der Waals surface area contributed by atoms with Crippen molar-refractivity contribution in [1.82, 2.24) is 26.2 Å². The van der Waals surface area contributed by atoms with E-state index in [0.717, 1.165) is 24.6 Å². The van der Waals surface area contributed by atoms with Crippen LogP contribution < -0.4 is 21.3 Å². The number of hydrogen-bond donors (Lipinski definition) is 6. The highest BCUT2D eigenvalue weighted by molar-refractivity contribution is 8.12. The van der Waals surface area contributed by atoms with Crippen LogP contribution in [0.15, 0.2) is 91.0 Å². The van der Waals surface area contributed by atoms with Gasteiger partial charge in [0.25, 0.3) is 10.1 Å². The normalized spacial score (nSPS) is 13.4. The molecule has 3 aromatic rings. The summed E-state index contributed by atoms with van der Waals surface area (Å²) in [6, 6.07) is 23.7. The number of alkyl carbamates (subject to hydrolysis) is 1. The second kappa shape index (κ2) is 22.3. The predicted molar refractivity (Wildman–Crippen MR) is 223 cm³/mol. The molecule has 0 aliphatic rings. The Bertz CT molecular complexity index is 1820. The Hall–Kier alpha value is -4.97. The molecule has 3 aromatic carbocycles. The van der Waals surface area contributed by atoms with E-state index in [1.54, 1.807) is 112 Å². The van der Waals surface area contributed by atoms with Crippen LogP contribution in [-0.4, -0.2) is 108 Å². The number of benzene rings is 3. The molecule has 0 fully saturated rings. The summed E-state index contributed by atoms with van der Waals surface area (Å²) in [7, 11) is -3.32. The molecule has 0 saturated carbocycles. The van der Waals surface area contributed by atoms with Crippen LogP contribution in [-0.2, 0) is 38.8 Å². The van der Waals surface area contributed by atoms with Gasteiger partial charge in [-0.3, -0.25) is 23.7 Å². The molecule has 0 spiro atoms. The average Bonchev–Trinajstić information content (AvgIpc) is 3.16. The monoisotopic (exact) mass is 841 g/mol. The Balaban J connectivity index is 1.84. The van der Waals surface area contributed by atoms with E-state index < -0.39 is 73.5 Å². The van der Waals surface area contributed by atoms with Crippen LogP contribution in [0.3, 0.4) is 0 Å². The molecule has 3 atom stereocenters. The first-order chi connectivity index (χ1) is 27.3. The van der Waals surface area contributed by atoms with Gasteiger partial charge in [-0.1, -0.05) is 97.4 Å². The lowest BCUT2D eigenvalue weighted by Gasteiger charge is -2.39. The number of carbonyl (C=O) groups excluding carboxylic acids is 4. The molecular weight excluding hydrogens is 787 g/mol. The highest BCUT2D eigenvalue weighted by Gasteiger charge is 2.48. The van der Waals surface area contributed by atoms with Crippen molar-refractivity contribution in [2.24, 2.45) is 0 Å². The van der Waals surface area contributed by atoms with Gasteiger partial charge in [-0.25, -0.2) is 4.79 Å². The van der Waals surface area contributed by atoms with Gasteiger partial charge in [0.15, 0.2) is 4.58 Å². The number of carbonyl (C=O) groups is 5. The molecule has 0 heterocycles. The summed E-state index contributed by atoms with van der Waals surface area (Å²) >= 11 is 0.718. The summed E-state index contributed by atoms with van der Waals surface area (Å²) in [5.74, 6) is -3.22. The molecule has 0 aromatic heterocycles. The van der Waals surface area contributed by atoms with E-state index in [-0.39, 0.29) is 13.0 Å². The van der Waals surface area contributed by atoms with Crippen molar-refractivity contribution in [3.8, 4) is 0 Å². The number of likely N-dealkylation sites (N-methyl/N-ethyl adjacent to an activating group) is 1. The summed E-state index contributed by atoms with van der Waals surface area (Å²) in [4.78, 5) is 65.7. The molecule has 3 unspecified atom stereocenters. The number of carboxylic acids is 1. The second-order valence-corrected chi connectivity index (χ2v) is 17.9. The molecule has 0 radical (unpaired) electrons. The SMILES string of the molecule is CC(NC(=O)CNC(=O)C(NC(=O)OC(C)(C)C)C(SC(c1ccccc1)(c1ccccc1)c1ccccc1)S(=O)(=O)O)C(=O)NCCN(C)CCCCCC(=O)O. The molecule has 316 valence electrons. The largest absolute Gasteiger partial charge is 0.481 e. The van der Waals surface area contributed by atoms with Gasteiger partial charge in [-0.05, 0) is 70.8 Å². The van der Waals surface area contributed by atoms with E-state index in [9.17, 15) is 36.9 Å². The third-order valence-electron chi connectivity index (χ3n) is 8.77. The van der Waals surface area contributed by atoms with Gasteiger partial charge in [0.1, 0.15) is 17.7 Å². The lowest BCUT2D eigenvalue weighted by molar-refractivity contribution is -0.137. The van der Waals surface area contributed by atoms with Crippen molar-refractivity contribution in [3.05, 3.63) is 108 Å². The quantitative estimate of drug-likeness (QED) is 0.0478. The summed E-state index contributed by atoms with van der Waals surface area (Å²) in [5.41, 5.74) is 0.763. The Kier molecular flexibility index (Phi) is 18.2. The number of hydrogen-bond acceptors (Lipinski definition) is 10. The van der Waals surface area contributed by atoms with E-state index in [1.807, 2.05) is 11.9 Å². The first kappa shape index (κ1) is 47.4. The first-order valence-corrected chi connectivity index (χ1v) is 21.3.